The first-order chi connectivity index (χ1) is 7.59. The molecule has 1 aromatic heterocycles. The maximum atomic E-state index is 13.6. The van der Waals surface area contributed by atoms with Gasteiger partial charge in [0.25, 0.3) is 0 Å². The Morgan fingerprint density at radius 1 is 1.19 bits per heavy atom. The lowest BCUT2D eigenvalue weighted by molar-refractivity contribution is 0.599. The molecule has 84 valence electrons. The van der Waals surface area contributed by atoms with Crippen LogP contribution in [0, 0.1) is 5.82 Å². The van der Waals surface area contributed by atoms with Crippen LogP contribution in [0.5, 0.6) is 0 Å². The SMILES string of the molecule is NC(c1ccccc1F)c1cc(Br)sc1Br. The lowest BCUT2D eigenvalue weighted by Crippen LogP contribution is -2.13. The van der Waals surface area contributed by atoms with E-state index in [1.165, 1.54) is 17.4 Å². The maximum absolute atomic E-state index is 13.6. The molecule has 1 unspecified atom stereocenters. The molecule has 0 bridgehead atoms. The smallest absolute Gasteiger partial charge is 0.128 e. The van der Waals surface area contributed by atoms with Crippen LogP contribution >= 0.6 is 43.2 Å². The second-order valence-corrected chi connectivity index (χ2v) is 7.03. The van der Waals surface area contributed by atoms with Crippen LogP contribution in [0.3, 0.4) is 0 Å². The highest BCUT2D eigenvalue weighted by Crippen LogP contribution is 2.37. The van der Waals surface area contributed by atoms with Crippen molar-refractivity contribution in [2.24, 2.45) is 5.73 Å². The number of rotatable bonds is 2. The van der Waals surface area contributed by atoms with E-state index in [2.05, 4.69) is 31.9 Å². The average Bonchev–Trinajstić information content (AvgIpc) is 2.58. The quantitative estimate of drug-likeness (QED) is 0.836. The topological polar surface area (TPSA) is 26.0 Å². The Hall–Kier alpha value is -0.230. The molecule has 0 saturated heterocycles. The van der Waals surface area contributed by atoms with Gasteiger partial charge in [-0.25, -0.2) is 4.39 Å². The van der Waals surface area contributed by atoms with E-state index in [4.69, 9.17) is 5.73 Å². The van der Waals surface area contributed by atoms with Gasteiger partial charge in [-0.2, -0.15) is 0 Å². The van der Waals surface area contributed by atoms with E-state index in [1.54, 1.807) is 18.2 Å². The summed E-state index contributed by atoms with van der Waals surface area (Å²) in [5, 5.41) is 0. The van der Waals surface area contributed by atoms with Crippen molar-refractivity contribution in [1.29, 1.82) is 0 Å². The summed E-state index contributed by atoms with van der Waals surface area (Å²) in [5.74, 6) is -0.274. The Balaban J connectivity index is 2.43. The molecule has 1 atom stereocenters. The summed E-state index contributed by atoms with van der Waals surface area (Å²) < 4.78 is 15.5. The van der Waals surface area contributed by atoms with Gasteiger partial charge in [-0.1, -0.05) is 18.2 Å². The minimum atomic E-state index is -0.446. The lowest BCUT2D eigenvalue weighted by Gasteiger charge is -2.12. The number of hydrogen-bond acceptors (Lipinski definition) is 2. The summed E-state index contributed by atoms with van der Waals surface area (Å²) in [6.07, 6.45) is 0. The van der Waals surface area contributed by atoms with Gasteiger partial charge in [0.05, 0.1) is 13.6 Å². The van der Waals surface area contributed by atoms with Gasteiger partial charge in [-0.15, -0.1) is 11.3 Å². The van der Waals surface area contributed by atoms with Gasteiger partial charge < -0.3 is 5.73 Å². The Bertz CT molecular complexity index is 512. The van der Waals surface area contributed by atoms with Crippen molar-refractivity contribution in [3.05, 3.63) is 54.8 Å². The summed E-state index contributed by atoms with van der Waals surface area (Å²) in [6.45, 7) is 0. The second-order valence-electron chi connectivity index (χ2n) is 3.28. The fourth-order valence-corrected chi connectivity index (χ4v) is 4.39. The number of thiophene rings is 1. The van der Waals surface area contributed by atoms with Gasteiger partial charge in [-0.05, 0) is 49.6 Å². The molecular weight excluding hydrogens is 357 g/mol. The van der Waals surface area contributed by atoms with Crippen LogP contribution < -0.4 is 5.73 Å². The van der Waals surface area contributed by atoms with E-state index < -0.39 is 6.04 Å². The first kappa shape index (κ1) is 12.2. The summed E-state index contributed by atoms with van der Waals surface area (Å²) in [6, 6.07) is 8.03. The van der Waals surface area contributed by atoms with Crippen LogP contribution in [-0.4, -0.2) is 0 Å². The summed E-state index contributed by atoms with van der Waals surface area (Å²) in [5.41, 5.74) is 7.45. The molecule has 2 N–H and O–H groups in total. The molecule has 0 fully saturated rings. The highest BCUT2D eigenvalue weighted by molar-refractivity contribution is 9.12. The molecule has 0 aliphatic heterocycles. The third kappa shape index (κ3) is 2.37. The van der Waals surface area contributed by atoms with Gasteiger partial charge in [0.1, 0.15) is 5.82 Å². The molecule has 0 aliphatic carbocycles. The number of halogens is 3. The monoisotopic (exact) mass is 363 g/mol. The first-order valence-electron chi connectivity index (χ1n) is 4.54. The van der Waals surface area contributed by atoms with Crippen molar-refractivity contribution in [1.82, 2.24) is 0 Å². The maximum Gasteiger partial charge on any atom is 0.128 e. The third-order valence-electron chi connectivity index (χ3n) is 2.26. The molecular formula is C11H8Br2FNS. The molecule has 0 amide bonds. The Kier molecular flexibility index (Phi) is 3.79. The van der Waals surface area contributed by atoms with Gasteiger partial charge in [0.2, 0.25) is 0 Å². The van der Waals surface area contributed by atoms with Crippen LogP contribution in [0.1, 0.15) is 17.2 Å². The third-order valence-corrected chi connectivity index (χ3v) is 4.64. The molecule has 0 radical (unpaired) electrons. The van der Waals surface area contributed by atoms with Crippen molar-refractivity contribution in [2.75, 3.05) is 0 Å². The van der Waals surface area contributed by atoms with Crippen LogP contribution in [0.15, 0.2) is 37.9 Å². The number of nitrogens with two attached hydrogens (primary N) is 1. The second kappa shape index (κ2) is 4.96. The van der Waals surface area contributed by atoms with E-state index in [-0.39, 0.29) is 5.82 Å². The average molecular weight is 365 g/mol. The molecule has 1 heterocycles. The fourth-order valence-electron chi connectivity index (χ4n) is 1.46. The zero-order valence-electron chi connectivity index (χ0n) is 8.08. The Labute approximate surface area is 114 Å². The van der Waals surface area contributed by atoms with Crippen LogP contribution in [0.2, 0.25) is 0 Å². The molecule has 0 aliphatic rings. The summed E-state index contributed by atoms with van der Waals surface area (Å²) in [7, 11) is 0. The van der Waals surface area contributed by atoms with E-state index in [0.29, 0.717) is 5.56 Å². The van der Waals surface area contributed by atoms with Crippen molar-refractivity contribution in [3.63, 3.8) is 0 Å². The predicted octanol–water partition coefficient (Wildman–Crippen LogP) is 4.46. The van der Waals surface area contributed by atoms with Gasteiger partial charge >= 0.3 is 0 Å². The molecule has 0 spiro atoms. The van der Waals surface area contributed by atoms with Crippen molar-refractivity contribution in [2.45, 2.75) is 6.04 Å². The van der Waals surface area contributed by atoms with Crippen molar-refractivity contribution < 1.29 is 4.39 Å². The lowest BCUT2D eigenvalue weighted by atomic mass is 10.0. The zero-order chi connectivity index (χ0) is 11.7. The van der Waals surface area contributed by atoms with Crippen molar-refractivity contribution >= 4 is 43.2 Å². The van der Waals surface area contributed by atoms with Crippen molar-refractivity contribution in [3.8, 4) is 0 Å². The molecule has 1 aromatic carbocycles. The summed E-state index contributed by atoms with van der Waals surface area (Å²) >= 11 is 8.34. The van der Waals surface area contributed by atoms with Crippen LogP contribution in [0.4, 0.5) is 4.39 Å². The van der Waals surface area contributed by atoms with E-state index in [0.717, 1.165) is 13.1 Å². The minimum absolute atomic E-state index is 0.274. The van der Waals surface area contributed by atoms with Gasteiger partial charge in [0.15, 0.2) is 0 Å². The highest BCUT2D eigenvalue weighted by Gasteiger charge is 2.17. The van der Waals surface area contributed by atoms with E-state index in [9.17, 15) is 4.39 Å². The van der Waals surface area contributed by atoms with Crippen LogP contribution in [0.25, 0.3) is 0 Å². The highest BCUT2D eigenvalue weighted by atomic mass is 79.9. The van der Waals surface area contributed by atoms with Gasteiger partial charge in [-0.3, -0.25) is 0 Å². The zero-order valence-corrected chi connectivity index (χ0v) is 12.1. The standard InChI is InChI=1S/C11H8Br2FNS/c12-9-5-7(11(13)16-9)10(15)6-3-1-2-4-8(6)14/h1-5,10H,15H2. The van der Waals surface area contributed by atoms with E-state index in [1.807, 2.05) is 6.07 Å². The van der Waals surface area contributed by atoms with Crippen LogP contribution in [-0.2, 0) is 0 Å². The minimum Gasteiger partial charge on any atom is -0.320 e. The molecule has 2 aromatic rings. The fraction of sp³-hybridized carbons (Fsp3) is 0.0909. The largest absolute Gasteiger partial charge is 0.320 e. The predicted molar refractivity (Wildman–Crippen MR) is 72.1 cm³/mol. The van der Waals surface area contributed by atoms with Gasteiger partial charge in [0, 0.05) is 5.56 Å². The Morgan fingerprint density at radius 3 is 2.44 bits per heavy atom. The first-order valence-corrected chi connectivity index (χ1v) is 6.94. The molecule has 1 nitrogen and oxygen atoms in total. The van der Waals surface area contributed by atoms with E-state index >= 15 is 0 Å². The molecule has 5 heteroatoms. The summed E-state index contributed by atoms with van der Waals surface area (Å²) in [4.78, 5) is 0. The molecule has 0 saturated carbocycles. The molecule has 16 heavy (non-hydrogen) atoms. The molecule has 2 rings (SSSR count). The Morgan fingerprint density at radius 2 is 1.88 bits per heavy atom. The normalized spacial score (nSPS) is 12.8. The number of hydrogen-bond donors (Lipinski definition) is 1. The number of benzene rings is 1.